The zero-order valence-corrected chi connectivity index (χ0v) is 89.4. The molecule has 12 aromatic heterocycles. The summed E-state index contributed by atoms with van der Waals surface area (Å²) in [6, 6.07) is 28.4. The number of thioether (sulfide) groups is 6. The Morgan fingerprint density at radius 3 is 0.912 bits per heavy atom. The highest BCUT2D eigenvalue weighted by molar-refractivity contribution is 8.00. The molecule has 1 N–H and O–H groups in total. The number of alkyl halides is 2. The van der Waals surface area contributed by atoms with Crippen LogP contribution in [0.5, 0.6) is 0 Å². The molecule has 0 amide bonds. The van der Waals surface area contributed by atoms with E-state index in [4.69, 9.17) is 5.41 Å². The van der Waals surface area contributed by atoms with Crippen molar-refractivity contribution >= 4 is 70.6 Å². The van der Waals surface area contributed by atoms with Gasteiger partial charge in [-0.25, -0.2) is 53.0 Å². The molecule has 8 atom stereocenters. The van der Waals surface area contributed by atoms with Crippen LogP contribution in [0, 0.1) is 103 Å². The molecule has 0 spiro atoms. The maximum atomic E-state index is 14.5. The first-order valence-corrected chi connectivity index (χ1v) is 54.6. The Kier molecular flexibility index (Phi) is 29.5. The van der Waals surface area contributed by atoms with Crippen molar-refractivity contribution < 1.29 is 13.2 Å². The lowest BCUT2D eigenvalue weighted by Crippen LogP contribution is -2.32. The smallest absolute Gasteiger partial charge is 0.272 e. The monoisotopic (exact) mass is 2090 g/mol. The van der Waals surface area contributed by atoms with Crippen molar-refractivity contribution in [2.75, 3.05) is 34.5 Å². The molecule has 6 aliphatic heterocycles. The third-order valence-corrected chi connectivity index (χ3v) is 35.7. The first kappa shape index (κ1) is 105. The average Bonchev–Trinajstić information content (AvgIpc) is 1.55. The lowest BCUT2D eigenvalue weighted by molar-refractivity contribution is 0.295. The van der Waals surface area contributed by atoms with Crippen LogP contribution in [-0.2, 0) is 71.8 Å². The predicted octanol–water partition coefficient (Wildman–Crippen LogP) is 18.2. The second kappa shape index (κ2) is 41.2. The summed E-state index contributed by atoms with van der Waals surface area (Å²) in [4.78, 5) is 122. The fourth-order valence-electron chi connectivity index (χ4n) is 18.2. The summed E-state index contributed by atoms with van der Waals surface area (Å²) in [7, 11) is 0. The predicted molar refractivity (Wildman–Crippen MR) is 560 cm³/mol. The SMILES string of the molecule is CC1(F)CC1(C)c1ccc(-c2nc3n(c(=O)c2C#N)CCCS3)cn1.CC1(c2ccc(-c3nc4n(c(=O)c3C#N)CCCS4)cn2)CC1.CC1CSc2nc(-c3ccc(C4(C)CC4(C)F)nc3)c(C#N)c(=O)n2C1.CC1CSc2nc(-c3ccc(C4(C)CC4)nc3)c(C#N)c(=O)n2C1.C[C@@H]1CSc2nc(-c3cnc(C(C)(C)C)c(F)c3)c(C#N)c(=O)n2C1.C[C@H]1CSc2nc(-c3cnc(C(C)(C)C)nc3)c(C#N)c(=N)n2C1. The first-order chi connectivity index (χ1) is 69.8. The third-order valence-electron chi connectivity index (χ3n) is 28.4. The molecular formula is C107H109F3N26O5S6. The summed E-state index contributed by atoms with van der Waals surface area (Å²) in [5.74, 6) is 7.35. The van der Waals surface area contributed by atoms with Gasteiger partial charge in [0.25, 0.3) is 27.8 Å². The second-order valence-corrected chi connectivity index (χ2v) is 48.8. The van der Waals surface area contributed by atoms with Gasteiger partial charge in [-0.05, 0) is 143 Å². The van der Waals surface area contributed by atoms with Gasteiger partial charge in [-0.1, -0.05) is 168 Å². The minimum Gasteiger partial charge on any atom is -0.304 e. The zero-order chi connectivity index (χ0) is 105. The molecule has 40 heteroatoms. The van der Waals surface area contributed by atoms with Crippen LogP contribution in [0.4, 0.5) is 13.2 Å². The van der Waals surface area contributed by atoms with Crippen molar-refractivity contribution in [2.45, 2.75) is 276 Å². The number of pyridine rings is 5. The number of aromatic nitrogens is 19. The molecule has 4 fully saturated rings. The highest BCUT2D eigenvalue weighted by Crippen LogP contribution is 2.61. The van der Waals surface area contributed by atoms with E-state index in [9.17, 15) is 68.7 Å². The van der Waals surface area contributed by atoms with Crippen molar-refractivity contribution in [1.29, 1.82) is 37.0 Å². The lowest BCUT2D eigenvalue weighted by atomic mass is 9.90. The van der Waals surface area contributed by atoms with E-state index in [2.05, 4.69) is 132 Å². The Bertz CT molecular complexity index is 7810. The number of nitriles is 6. The third kappa shape index (κ3) is 21.2. The molecule has 0 aromatic carbocycles. The Labute approximate surface area is 873 Å². The fraction of sp³-hybridized carbons (Fsp3) is 0.449. The van der Waals surface area contributed by atoms with Gasteiger partial charge in [0.1, 0.15) is 98.3 Å². The van der Waals surface area contributed by atoms with Gasteiger partial charge in [-0.15, -0.1) is 0 Å². The van der Waals surface area contributed by atoms with E-state index in [-0.39, 0.29) is 88.6 Å². The van der Waals surface area contributed by atoms with Gasteiger partial charge in [0.05, 0.1) is 39.9 Å². The van der Waals surface area contributed by atoms with Crippen molar-refractivity contribution in [3.63, 3.8) is 0 Å². The Morgan fingerprint density at radius 1 is 0.361 bits per heavy atom. The number of hydrogen-bond donors (Lipinski definition) is 1. The standard InChI is InChI=1S/C19H19FN4OS.C18H17FN4OS.C18H19FN4OS.C18H18N4OS.C17H20N6S.C17H16N4OS/c1-11-8-24-16(25)13(6-21)15(23-17(24)26-9-11)12-4-5-14(22-7-12)18(2)10-19(18,3)20;1-17(10-18(17,2)19)13-5-4-11(9-21-13)14-12(8-20)15(24)23-6-3-7-25-16(23)22-14;1-10-8-23-16(24)12(6-20)14(22-17(23)25-9-10)11-5-13(19)15(21-7-11)18(2,3)4;1-11-9-22-16(23)13(7-19)15(21-17(22)24-10-11)12-3-4-14(20-8-12)18(2)5-6-18;1-10-8-23-14(19)12(5-18)13(22-16(23)24-9-10)11-6-20-15(21-7-11)17(2,3)4;1-17(5-6-17)13-4-3-11(10-19-13)14-12(9-18)15(22)21-7-2-8-23-16(21)20-14/h4-5,7,11H,8-10H2,1-3H3;4-5,9H,3,6-7,10H2,1-2H3;5,7,10H,8-9H2,1-4H3;3-4,8,11H,5-6,9-10H2,1-2H3;6-7,10,19H,8-9H2,1-4H3;3-4,10H,2,5-8H2,1H3/t;;10-;;10-;/m..0.1./s1. The van der Waals surface area contributed by atoms with E-state index in [0.717, 1.165) is 113 Å². The van der Waals surface area contributed by atoms with Gasteiger partial charge >= 0.3 is 0 Å². The Morgan fingerprint density at radius 2 is 0.633 bits per heavy atom. The summed E-state index contributed by atoms with van der Waals surface area (Å²) >= 11 is 9.30. The molecule has 10 aliphatic rings. The number of fused-ring (bicyclic) bond motifs is 6. The number of rotatable bonds is 10. The summed E-state index contributed by atoms with van der Waals surface area (Å²) in [6.07, 6.45) is 18.9. The molecule has 18 heterocycles. The van der Waals surface area contributed by atoms with Crippen LogP contribution in [0.2, 0.25) is 0 Å². The fourth-order valence-corrected chi connectivity index (χ4v) is 24.1. The number of nitrogens with zero attached hydrogens (tertiary/aromatic N) is 25. The summed E-state index contributed by atoms with van der Waals surface area (Å²) in [5.41, 5.74) is 5.37. The molecule has 31 nitrogen and oxygen atoms in total. The van der Waals surface area contributed by atoms with Crippen molar-refractivity contribution in [3.8, 4) is 104 Å². The minimum atomic E-state index is -1.24. The van der Waals surface area contributed by atoms with Gasteiger partial charge in [0.2, 0.25) is 0 Å². The van der Waals surface area contributed by atoms with E-state index < -0.39 is 33.4 Å². The number of halogens is 3. The van der Waals surface area contributed by atoms with Crippen molar-refractivity contribution in [3.05, 3.63) is 229 Å². The molecule has 4 saturated carbocycles. The molecule has 6 unspecified atom stereocenters. The minimum absolute atomic E-state index is 0.0333. The van der Waals surface area contributed by atoms with E-state index in [1.165, 1.54) is 52.1 Å². The second-order valence-electron chi connectivity index (χ2n) is 42.7. The summed E-state index contributed by atoms with van der Waals surface area (Å²) in [5, 5.41) is 69.3. The van der Waals surface area contributed by atoms with Crippen molar-refractivity contribution in [1.82, 2.24) is 92.2 Å². The van der Waals surface area contributed by atoms with E-state index in [1.807, 2.05) is 94.7 Å². The number of hydrogen-bond acceptors (Lipinski definition) is 31. The lowest BCUT2D eigenvalue weighted by Gasteiger charge is -2.24. The molecular weight excluding hydrogens is 1980 g/mol. The quantitative estimate of drug-likeness (QED) is 0.124. The van der Waals surface area contributed by atoms with Crippen LogP contribution in [0.1, 0.15) is 230 Å². The van der Waals surface area contributed by atoms with Crippen LogP contribution in [-0.4, -0.2) is 138 Å². The first-order valence-electron chi connectivity index (χ1n) is 48.7. The van der Waals surface area contributed by atoms with Crippen LogP contribution in [0.3, 0.4) is 0 Å². The maximum Gasteiger partial charge on any atom is 0.272 e. The molecule has 22 rings (SSSR count). The zero-order valence-electron chi connectivity index (χ0n) is 84.5. The van der Waals surface area contributed by atoms with Crippen LogP contribution in [0.15, 0.2) is 153 Å². The highest BCUT2D eigenvalue weighted by atomic mass is 32.2. The average molecular weight is 2090 g/mol. The van der Waals surface area contributed by atoms with Gasteiger partial charge in [-0.2, -0.15) is 31.6 Å². The molecule has 147 heavy (non-hydrogen) atoms. The molecule has 4 aliphatic carbocycles. The van der Waals surface area contributed by atoms with Gasteiger partial charge in [0, 0.05) is 206 Å². The van der Waals surface area contributed by atoms with E-state index >= 15 is 0 Å². The molecule has 754 valence electrons. The van der Waals surface area contributed by atoms with Crippen LogP contribution < -0.4 is 33.3 Å². The van der Waals surface area contributed by atoms with Gasteiger partial charge in [0.15, 0.2) is 30.9 Å². The van der Waals surface area contributed by atoms with Gasteiger partial charge in [-0.3, -0.25) is 77.1 Å². The summed E-state index contributed by atoms with van der Waals surface area (Å²) < 4.78 is 52.6. The topological polar surface area (TPSA) is 449 Å². The molecule has 12 aromatic rings. The Balaban J connectivity index is 0.000000121. The van der Waals surface area contributed by atoms with E-state index in [1.54, 1.807) is 129 Å². The van der Waals surface area contributed by atoms with E-state index in [0.29, 0.717) is 163 Å². The normalized spacial score (nSPS) is 21.9. The maximum absolute atomic E-state index is 14.5. The Hall–Kier alpha value is -13.1. The van der Waals surface area contributed by atoms with Crippen LogP contribution >= 0.6 is 70.6 Å². The van der Waals surface area contributed by atoms with Crippen molar-refractivity contribution in [2.24, 2.45) is 23.7 Å². The number of nitrogens with one attached hydrogen (secondary N) is 1. The molecule has 0 radical (unpaired) electrons. The molecule has 0 saturated heterocycles. The molecule has 0 bridgehead atoms. The van der Waals surface area contributed by atoms with Crippen LogP contribution in [0.25, 0.3) is 67.5 Å². The van der Waals surface area contributed by atoms with Gasteiger partial charge < -0.3 is 4.57 Å². The summed E-state index contributed by atoms with van der Waals surface area (Å²) in [6.45, 7) is 35.1. The highest BCUT2D eigenvalue weighted by Gasteiger charge is 2.65. The largest absolute Gasteiger partial charge is 0.304 e.